The van der Waals surface area contributed by atoms with Crippen LogP contribution in [0.5, 0.6) is 0 Å². The molecule has 0 aliphatic carbocycles. The van der Waals surface area contributed by atoms with Crippen LogP contribution in [0.2, 0.25) is 0 Å². The highest BCUT2D eigenvalue weighted by Gasteiger charge is 2.17. The van der Waals surface area contributed by atoms with Crippen LogP contribution in [0.25, 0.3) is 0 Å². The van der Waals surface area contributed by atoms with E-state index in [1.807, 2.05) is 6.92 Å². The van der Waals surface area contributed by atoms with Gasteiger partial charge >= 0.3 is 0 Å². The zero-order valence-corrected chi connectivity index (χ0v) is 11.8. The van der Waals surface area contributed by atoms with Gasteiger partial charge in [0.1, 0.15) is 0 Å². The maximum Gasteiger partial charge on any atom is 0.282 e. The number of carbonyl (C=O) groups excluding carboxylic acids is 1. The molecular weight excluding hydrogens is 278 g/mol. The predicted molar refractivity (Wildman–Crippen MR) is 73.5 cm³/mol. The molecule has 0 aliphatic rings. The van der Waals surface area contributed by atoms with E-state index in [-0.39, 0.29) is 11.3 Å². The smallest absolute Gasteiger partial charge is 0.282 e. The maximum absolute atomic E-state index is 12.3. The molecular formula is C13H15N3O3S. The summed E-state index contributed by atoms with van der Waals surface area (Å²) in [5.74, 6) is -0.431. The Bertz CT molecular complexity index is 718. The van der Waals surface area contributed by atoms with Crippen LogP contribution in [0.4, 0.5) is 0 Å². The molecule has 0 saturated carbocycles. The zero-order valence-electron chi connectivity index (χ0n) is 11.0. The third-order valence-corrected chi connectivity index (χ3v) is 4.40. The van der Waals surface area contributed by atoms with Crippen molar-refractivity contribution < 1.29 is 13.2 Å². The molecule has 0 saturated heterocycles. The molecule has 0 radical (unpaired) electrons. The SMILES string of the molecule is Cc1ccc(S(=O)(=O)n2cc(CCC(N)=O)cn2)cc1. The Morgan fingerprint density at radius 3 is 2.55 bits per heavy atom. The lowest BCUT2D eigenvalue weighted by molar-refractivity contribution is -0.117. The van der Waals surface area contributed by atoms with E-state index >= 15 is 0 Å². The summed E-state index contributed by atoms with van der Waals surface area (Å²) in [6.45, 7) is 1.88. The monoisotopic (exact) mass is 293 g/mol. The van der Waals surface area contributed by atoms with E-state index in [0.29, 0.717) is 12.0 Å². The number of aromatic nitrogens is 2. The Morgan fingerprint density at radius 2 is 1.95 bits per heavy atom. The van der Waals surface area contributed by atoms with Gasteiger partial charge in [-0.15, -0.1) is 0 Å². The zero-order chi connectivity index (χ0) is 14.8. The molecule has 1 amide bonds. The van der Waals surface area contributed by atoms with Gasteiger partial charge in [0.15, 0.2) is 0 Å². The number of benzene rings is 1. The minimum Gasteiger partial charge on any atom is -0.370 e. The van der Waals surface area contributed by atoms with Gasteiger partial charge in [0, 0.05) is 12.6 Å². The Kier molecular flexibility index (Phi) is 3.89. The van der Waals surface area contributed by atoms with Crippen molar-refractivity contribution in [2.75, 3.05) is 0 Å². The van der Waals surface area contributed by atoms with Crippen molar-refractivity contribution in [3.8, 4) is 0 Å². The Labute approximate surface area is 117 Å². The van der Waals surface area contributed by atoms with E-state index < -0.39 is 15.9 Å². The van der Waals surface area contributed by atoms with Crippen molar-refractivity contribution in [1.82, 2.24) is 9.19 Å². The van der Waals surface area contributed by atoms with Crippen LogP contribution in [0.1, 0.15) is 17.5 Å². The van der Waals surface area contributed by atoms with Crippen molar-refractivity contribution in [3.05, 3.63) is 47.8 Å². The number of hydrogen-bond acceptors (Lipinski definition) is 4. The summed E-state index contributed by atoms with van der Waals surface area (Å²) in [4.78, 5) is 10.9. The third kappa shape index (κ3) is 3.05. The van der Waals surface area contributed by atoms with Gasteiger partial charge in [-0.05, 0) is 31.0 Å². The Hall–Kier alpha value is -2.15. The molecule has 0 spiro atoms. The molecule has 0 aliphatic heterocycles. The summed E-state index contributed by atoms with van der Waals surface area (Å²) in [7, 11) is -3.68. The van der Waals surface area contributed by atoms with Gasteiger partial charge in [-0.1, -0.05) is 17.7 Å². The second-order valence-electron chi connectivity index (χ2n) is 4.51. The molecule has 1 aromatic heterocycles. The minimum atomic E-state index is -3.68. The average molecular weight is 293 g/mol. The van der Waals surface area contributed by atoms with Gasteiger partial charge < -0.3 is 5.73 Å². The lowest BCUT2D eigenvalue weighted by Gasteiger charge is -2.04. The fourth-order valence-corrected chi connectivity index (χ4v) is 2.83. The molecule has 0 atom stereocenters. The molecule has 0 bridgehead atoms. The highest BCUT2D eigenvalue weighted by atomic mass is 32.2. The van der Waals surface area contributed by atoms with Crippen LogP contribution in [-0.2, 0) is 21.2 Å². The number of aryl methyl sites for hydroxylation is 2. The van der Waals surface area contributed by atoms with Crippen molar-refractivity contribution >= 4 is 15.9 Å². The molecule has 106 valence electrons. The standard InChI is InChI=1S/C13H15N3O3S/c1-10-2-5-12(6-3-10)20(18,19)16-9-11(8-15-16)4-7-13(14)17/h2-3,5-6,8-9H,4,7H2,1H3,(H2,14,17). The normalized spacial score (nSPS) is 11.4. The summed E-state index contributed by atoms with van der Waals surface area (Å²) in [6, 6.07) is 6.53. The largest absolute Gasteiger partial charge is 0.370 e. The highest BCUT2D eigenvalue weighted by molar-refractivity contribution is 7.89. The average Bonchev–Trinajstić information content (AvgIpc) is 2.86. The predicted octanol–water partition coefficient (Wildman–Crippen LogP) is 0.846. The van der Waals surface area contributed by atoms with E-state index in [0.717, 1.165) is 9.65 Å². The van der Waals surface area contributed by atoms with Crippen LogP contribution in [-0.4, -0.2) is 23.5 Å². The van der Waals surface area contributed by atoms with Crippen molar-refractivity contribution in [2.24, 2.45) is 5.73 Å². The van der Waals surface area contributed by atoms with Crippen molar-refractivity contribution in [3.63, 3.8) is 0 Å². The van der Waals surface area contributed by atoms with E-state index in [2.05, 4.69) is 5.10 Å². The number of carbonyl (C=O) groups is 1. The quantitative estimate of drug-likeness (QED) is 0.884. The van der Waals surface area contributed by atoms with Gasteiger partial charge in [0.2, 0.25) is 5.91 Å². The molecule has 7 heteroatoms. The first kappa shape index (κ1) is 14.3. The van der Waals surface area contributed by atoms with E-state index in [1.165, 1.54) is 24.5 Å². The molecule has 1 heterocycles. The number of hydrogen-bond donors (Lipinski definition) is 1. The fraction of sp³-hybridized carbons (Fsp3) is 0.231. The lowest BCUT2D eigenvalue weighted by Crippen LogP contribution is -2.13. The number of primary amides is 1. The Morgan fingerprint density at radius 1 is 1.30 bits per heavy atom. The van der Waals surface area contributed by atoms with E-state index in [1.54, 1.807) is 12.1 Å². The van der Waals surface area contributed by atoms with Gasteiger partial charge in [0.05, 0.1) is 11.1 Å². The molecule has 20 heavy (non-hydrogen) atoms. The van der Waals surface area contributed by atoms with Crippen LogP contribution in [0.3, 0.4) is 0 Å². The molecule has 2 N–H and O–H groups in total. The highest BCUT2D eigenvalue weighted by Crippen LogP contribution is 2.14. The van der Waals surface area contributed by atoms with Crippen LogP contribution < -0.4 is 5.73 Å². The fourth-order valence-electron chi connectivity index (χ4n) is 1.69. The second kappa shape index (κ2) is 5.46. The molecule has 6 nitrogen and oxygen atoms in total. The van der Waals surface area contributed by atoms with Crippen LogP contribution in [0.15, 0.2) is 41.6 Å². The maximum atomic E-state index is 12.3. The summed E-state index contributed by atoms with van der Waals surface area (Å²) in [5.41, 5.74) is 6.68. The number of nitrogens with two attached hydrogens (primary N) is 1. The molecule has 0 unspecified atom stereocenters. The van der Waals surface area contributed by atoms with Gasteiger partial charge in [0.25, 0.3) is 10.0 Å². The van der Waals surface area contributed by atoms with Crippen molar-refractivity contribution in [2.45, 2.75) is 24.7 Å². The molecule has 2 aromatic rings. The van der Waals surface area contributed by atoms with Gasteiger partial charge in [-0.3, -0.25) is 4.79 Å². The summed E-state index contributed by atoms with van der Waals surface area (Å²) in [5, 5.41) is 3.84. The first-order chi connectivity index (χ1) is 9.39. The summed E-state index contributed by atoms with van der Waals surface area (Å²) < 4.78 is 25.5. The number of nitrogens with zero attached hydrogens (tertiary/aromatic N) is 2. The summed E-state index contributed by atoms with van der Waals surface area (Å²) >= 11 is 0. The van der Waals surface area contributed by atoms with Crippen molar-refractivity contribution in [1.29, 1.82) is 0 Å². The topological polar surface area (TPSA) is 95.0 Å². The minimum absolute atomic E-state index is 0.163. The number of amides is 1. The first-order valence-electron chi connectivity index (χ1n) is 6.04. The molecule has 1 aromatic carbocycles. The third-order valence-electron chi connectivity index (χ3n) is 2.84. The van der Waals surface area contributed by atoms with Gasteiger partial charge in [-0.2, -0.15) is 17.6 Å². The Balaban J connectivity index is 2.26. The number of rotatable bonds is 5. The van der Waals surface area contributed by atoms with E-state index in [9.17, 15) is 13.2 Å². The van der Waals surface area contributed by atoms with E-state index in [4.69, 9.17) is 5.73 Å². The summed E-state index contributed by atoms with van der Waals surface area (Å²) in [6.07, 6.45) is 3.36. The van der Waals surface area contributed by atoms with Crippen LogP contribution >= 0.6 is 0 Å². The lowest BCUT2D eigenvalue weighted by atomic mass is 10.2. The van der Waals surface area contributed by atoms with Gasteiger partial charge in [-0.25, -0.2) is 0 Å². The second-order valence-corrected chi connectivity index (χ2v) is 6.30. The first-order valence-corrected chi connectivity index (χ1v) is 7.48. The molecule has 2 rings (SSSR count). The molecule has 0 fully saturated rings. The van der Waals surface area contributed by atoms with Crippen LogP contribution in [0, 0.1) is 6.92 Å².